The van der Waals surface area contributed by atoms with Crippen molar-refractivity contribution in [2.45, 2.75) is 13.0 Å². The number of azo groups is 1. The van der Waals surface area contributed by atoms with E-state index in [0.29, 0.717) is 0 Å². The van der Waals surface area contributed by atoms with Crippen molar-refractivity contribution in [3.63, 3.8) is 0 Å². The molecular weight excluding hydrogens is 198 g/mol. The normalized spacial score (nSPS) is 12.8. The summed E-state index contributed by atoms with van der Waals surface area (Å²) in [6.07, 6.45) is 1.77. The van der Waals surface area contributed by atoms with Gasteiger partial charge < -0.3 is 0 Å². The zero-order chi connectivity index (χ0) is 11.2. The summed E-state index contributed by atoms with van der Waals surface area (Å²) in [6, 6.07) is 15.5. The Hall–Kier alpha value is -2.03. The Balaban J connectivity index is 2.08. The number of aromatic nitrogens is 1. The smallest absolute Gasteiger partial charge is 0.110 e. The first-order valence-corrected chi connectivity index (χ1v) is 5.23. The topological polar surface area (TPSA) is 37.6 Å². The molecule has 1 aromatic carbocycles. The Bertz CT molecular complexity index is 451. The summed E-state index contributed by atoms with van der Waals surface area (Å²) in [6.45, 7) is 1.98. The monoisotopic (exact) mass is 211 g/mol. The van der Waals surface area contributed by atoms with Gasteiger partial charge in [-0.15, -0.1) is 0 Å². The molecule has 3 nitrogen and oxygen atoms in total. The van der Waals surface area contributed by atoms with Crippen LogP contribution in [-0.4, -0.2) is 4.98 Å². The molecule has 0 aliphatic rings. The second-order valence-corrected chi connectivity index (χ2v) is 3.48. The zero-order valence-corrected chi connectivity index (χ0v) is 9.12. The summed E-state index contributed by atoms with van der Waals surface area (Å²) >= 11 is 0. The molecule has 0 saturated carbocycles. The lowest BCUT2D eigenvalue weighted by molar-refractivity contribution is 0.735. The molecule has 0 saturated heterocycles. The van der Waals surface area contributed by atoms with Gasteiger partial charge in [0.2, 0.25) is 0 Å². The van der Waals surface area contributed by atoms with E-state index in [0.717, 1.165) is 11.4 Å². The molecule has 0 spiro atoms. The number of rotatable bonds is 3. The van der Waals surface area contributed by atoms with E-state index in [9.17, 15) is 0 Å². The number of hydrogen-bond acceptors (Lipinski definition) is 3. The van der Waals surface area contributed by atoms with Crippen molar-refractivity contribution in [1.82, 2.24) is 4.98 Å². The molecule has 1 unspecified atom stereocenters. The quantitative estimate of drug-likeness (QED) is 0.709. The molecule has 1 heterocycles. The Kier molecular flexibility index (Phi) is 3.38. The van der Waals surface area contributed by atoms with E-state index in [1.165, 1.54) is 0 Å². The van der Waals surface area contributed by atoms with Gasteiger partial charge in [-0.2, -0.15) is 10.2 Å². The third-order valence-electron chi connectivity index (χ3n) is 2.22. The molecule has 0 aliphatic heterocycles. The minimum atomic E-state index is -0.0126. The molecule has 0 amide bonds. The fraction of sp³-hybridized carbons (Fsp3) is 0.154. The van der Waals surface area contributed by atoms with E-state index < -0.39 is 0 Å². The number of benzene rings is 1. The molecular formula is C13H13N3. The number of hydrogen-bond donors (Lipinski definition) is 0. The van der Waals surface area contributed by atoms with E-state index in [1.807, 2.05) is 55.5 Å². The lowest BCUT2D eigenvalue weighted by atomic mass is 10.2. The minimum Gasteiger partial charge on any atom is -0.259 e. The van der Waals surface area contributed by atoms with Gasteiger partial charge in [0.15, 0.2) is 0 Å². The molecule has 0 radical (unpaired) electrons. The van der Waals surface area contributed by atoms with Crippen LogP contribution in [0.2, 0.25) is 0 Å². The van der Waals surface area contributed by atoms with Crippen molar-refractivity contribution in [2.24, 2.45) is 10.2 Å². The van der Waals surface area contributed by atoms with Gasteiger partial charge in [0, 0.05) is 6.20 Å². The standard InChI is InChI=1S/C13H13N3/c1-11(13-9-5-6-10-14-13)15-16-12-7-3-2-4-8-12/h2-11H,1H3. The first kappa shape index (κ1) is 10.5. The first-order valence-electron chi connectivity index (χ1n) is 5.23. The summed E-state index contributed by atoms with van der Waals surface area (Å²) in [4.78, 5) is 4.24. The van der Waals surface area contributed by atoms with Crippen LogP contribution in [0.5, 0.6) is 0 Å². The molecule has 0 bridgehead atoms. The van der Waals surface area contributed by atoms with Crippen molar-refractivity contribution >= 4 is 5.69 Å². The Morgan fingerprint density at radius 2 is 1.75 bits per heavy atom. The van der Waals surface area contributed by atoms with Crippen LogP contribution in [0.3, 0.4) is 0 Å². The van der Waals surface area contributed by atoms with E-state index in [2.05, 4.69) is 15.2 Å². The van der Waals surface area contributed by atoms with Crippen LogP contribution < -0.4 is 0 Å². The van der Waals surface area contributed by atoms with E-state index in [4.69, 9.17) is 0 Å². The van der Waals surface area contributed by atoms with Crippen molar-refractivity contribution in [1.29, 1.82) is 0 Å². The maximum absolute atomic E-state index is 4.24. The van der Waals surface area contributed by atoms with Gasteiger partial charge in [-0.05, 0) is 31.2 Å². The van der Waals surface area contributed by atoms with Crippen LogP contribution in [-0.2, 0) is 0 Å². The summed E-state index contributed by atoms with van der Waals surface area (Å²) in [5.74, 6) is 0. The van der Waals surface area contributed by atoms with Crippen molar-refractivity contribution in [2.75, 3.05) is 0 Å². The third kappa shape index (κ3) is 2.73. The van der Waals surface area contributed by atoms with Crippen LogP contribution >= 0.6 is 0 Å². The molecule has 16 heavy (non-hydrogen) atoms. The van der Waals surface area contributed by atoms with Crippen molar-refractivity contribution in [3.8, 4) is 0 Å². The van der Waals surface area contributed by atoms with Gasteiger partial charge in [-0.3, -0.25) is 4.98 Å². The van der Waals surface area contributed by atoms with Gasteiger partial charge in [0.1, 0.15) is 6.04 Å². The van der Waals surface area contributed by atoms with Gasteiger partial charge in [0.25, 0.3) is 0 Å². The second-order valence-electron chi connectivity index (χ2n) is 3.48. The highest BCUT2D eigenvalue weighted by atomic mass is 15.1. The average molecular weight is 211 g/mol. The third-order valence-corrected chi connectivity index (χ3v) is 2.22. The zero-order valence-electron chi connectivity index (χ0n) is 9.12. The molecule has 1 atom stereocenters. The first-order chi connectivity index (χ1) is 7.86. The highest BCUT2D eigenvalue weighted by Gasteiger charge is 2.02. The maximum Gasteiger partial charge on any atom is 0.110 e. The van der Waals surface area contributed by atoms with Gasteiger partial charge >= 0.3 is 0 Å². The molecule has 0 aliphatic carbocycles. The highest BCUT2D eigenvalue weighted by molar-refractivity contribution is 5.34. The molecule has 2 rings (SSSR count). The largest absolute Gasteiger partial charge is 0.259 e. The Morgan fingerprint density at radius 3 is 2.44 bits per heavy atom. The molecule has 80 valence electrons. The van der Waals surface area contributed by atoms with Crippen LogP contribution in [0.4, 0.5) is 5.69 Å². The SMILES string of the molecule is CC(N=Nc1ccccc1)c1ccccn1. The molecule has 3 heteroatoms. The van der Waals surface area contributed by atoms with Crippen LogP contribution in [0, 0.1) is 0 Å². The average Bonchev–Trinajstić information content (AvgIpc) is 2.38. The highest BCUT2D eigenvalue weighted by Crippen LogP contribution is 2.17. The summed E-state index contributed by atoms with van der Waals surface area (Å²) < 4.78 is 0. The van der Waals surface area contributed by atoms with E-state index in [1.54, 1.807) is 6.20 Å². The Labute approximate surface area is 94.9 Å². The molecule has 0 N–H and O–H groups in total. The minimum absolute atomic E-state index is 0.0126. The van der Waals surface area contributed by atoms with Gasteiger partial charge in [-0.1, -0.05) is 24.3 Å². The molecule has 1 aromatic heterocycles. The number of pyridine rings is 1. The Morgan fingerprint density at radius 1 is 1.00 bits per heavy atom. The summed E-state index contributed by atoms with van der Waals surface area (Å²) in [5.41, 5.74) is 1.80. The van der Waals surface area contributed by atoms with Crippen molar-refractivity contribution < 1.29 is 0 Å². The predicted octanol–water partition coefficient (Wildman–Crippen LogP) is 3.93. The van der Waals surface area contributed by atoms with Crippen LogP contribution in [0.15, 0.2) is 65.0 Å². The van der Waals surface area contributed by atoms with Crippen LogP contribution in [0.25, 0.3) is 0 Å². The van der Waals surface area contributed by atoms with Gasteiger partial charge in [0.05, 0.1) is 11.4 Å². The molecule has 2 aromatic rings. The second kappa shape index (κ2) is 5.16. The van der Waals surface area contributed by atoms with Crippen LogP contribution in [0.1, 0.15) is 18.7 Å². The fourth-order valence-electron chi connectivity index (χ4n) is 1.33. The molecule has 0 fully saturated rings. The fourth-order valence-corrected chi connectivity index (χ4v) is 1.33. The lowest BCUT2D eigenvalue weighted by Crippen LogP contribution is -1.91. The lowest BCUT2D eigenvalue weighted by Gasteiger charge is -2.02. The number of nitrogens with zero attached hydrogens (tertiary/aromatic N) is 3. The van der Waals surface area contributed by atoms with Gasteiger partial charge in [-0.25, -0.2) is 0 Å². The summed E-state index contributed by atoms with van der Waals surface area (Å²) in [5, 5.41) is 8.39. The van der Waals surface area contributed by atoms with E-state index >= 15 is 0 Å². The van der Waals surface area contributed by atoms with Crippen molar-refractivity contribution in [3.05, 3.63) is 60.4 Å². The summed E-state index contributed by atoms with van der Waals surface area (Å²) in [7, 11) is 0. The van der Waals surface area contributed by atoms with E-state index in [-0.39, 0.29) is 6.04 Å². The predicted molar refractivity (Wildman–Crippen MR) is 63.6 cm³/mol. The maximum atomic E-state index is 4.24.